The van der Waals surface area contributed by atoms with E-state index in [2.05, 4.69) is 5.10 Å². The predicted molar refractivity (Wildman–Crippen MR) is 78.2 cm³/mol. The third kappa shape index (κ3) is 2.79. The van der Waals surface area contributed by atoms with Gasteiger partial charge in [0, 0.05) is 24.2 Å². The maximum absolute atomic E-state index is 12.2. The molecule has 0 saturated carbocycles. The maximum Gasteiger partial charge on any atom is 0.269 e. The van der Waals surface area contributed by atoms with Crippen LogP contribution in [0.2, 0.25) is 0 Å². The van der Waals surface area contributed by atoms with E-state index in [9.17, 15) is 4.79 Å². The summed E-state index contributed by atoms with van der Waals surface area (Å²) in [5.41, 5.74) is 2.31. The van der Waals surface area contributed by atoms with Crippen molar-refractivity contribution in [2.45, 2.75) is 38.6 Å². The lowest BCUT2D eigenvalue weighted by molar-refractivity contribution is 0.297. The van der Waals surface area contributed by atoms with Crippen molar-refractivity contribution in [1.29, 1.82) is 0 Å². The Kier molecular flexibility index (Phi) is 3.90. The summed E-state index contributed by atoms with van der Waals surface area (Å²) in [6, 6.07) is 9.77. The van der Waals surface area contributed by atoms with Crippen molar-refractivity contribution in [1.82, 2.24) is 9.78 Å². The SMILES string of the molecule is O=c1c2c([nH]n1CCCOc1ccccc1)CCCC2. The van der Waals surface area contributed by atoms with Crippen LogP contribution in [0, 0.1) is 0 Å². The number of aromatic amines is 1. The fourth-order valence-corrected chi connectivity index (χ4v) is 2.73. The minimum Gasteiger partial charge on any atom is -0.494 e. The summed E-state index contributed by atoms with van der Waals surface area (Å²) in [5, 5.41) is 3.25. The van der Waals surface area contributed by atoms with Crippen molar-refractivity contribution in [3.63, 3.8) is 0 Å². The average molecular weight is 272 g/mol. The molecule has 0 amide bonds. The Labute approximate surface area is 118 Å². The molecule has 1 aliphatic carbocycles. The van der Waals surface area contributed by atoms with Crippen LogP contribution in [0.15, 0.2) is 35.1 Å². The molecule has 20 heavy (non-hydrogen) atoms. The number of fused-ring (bicyclic) bond motifs is 1. The first kappa shape index (κ1) is 13.0. The van der Waals surface area contributed by atoms with Crippen LogP contribution in [0.5, 0.6) is 5.75 Å². The molecule has 1 aromatic carbocycles. The number of para-hydroxylation sites is 1. The molecule has 2 aromatic rings. The summed E-state index contributed by atoms with van der Waals surface area (Å²) >= 11 is 0. The molecule has 0 saturated heterocycles. The molecular formula is C16H20N2O2. The average Bonchev–Trinajstić information content (AvgIpc) is 2.82. The second kappa shape index (κ2) is 5.99. The quantitative estimate of drug-likeness (QED) is 0.850. The van der Waals surface area contributed by atoms with E-state index in [-0.39, 0.29) is 5.56 Å². The molecule has 1 aromatic heterocycles. The highest BCUT2D eigenvalue weighted by atomic mass is 16.5. The Morgan fingerprint density at radius 1 is 1.15 bits per heavy atom. The fraction of sp³-hybridized carbons (Fsp3) is 0.438. The number of hydrogen-bond acceptors (Lipinski definition) is 2. The van der Waals surface area contributed by atoms with Gasteiger partial charge in [-0.2, -0.15) is 0 Å². The standard InChI is InChI=1S/C16H20N2O2/c19-16-14-9-4-5-10-15(14)17-18(16)11-6-12-20-13-7-2-1-3-8-13/h1-3,7-8,17H,4-6,9-12H2. The lowest BCUT2D eigenvalue weighted by Crippen LogP contribution is -2.20. The first-order chi connectivity index (χ1) is 9.84. The van der Waals surface area contributed by atoms with Crippen molar-refractivity contribution in [3.8, 4) is 5.75 Å². The highest BCUT2D eigenvalue weighted by Gasteiger charge is 2.16. The van der Waals surface area contributed by atoms with Gasteiger partial charge in [0.2, 0.25) is 0 Å². The molecule has 106 valence electrons. The molecule has 1 heterocycles. The lowest BCUT2D eigenvalue weighted by Gasteiger charge is -2.07. The number of H-pyrrole nitrogens is 1. The van der Waals surface area contributed by atoms with Crippen molar-refractivity contribution in [2.24, 2.45) is 0 Å². The van der Waals surface area contributed by atoms with E-state index in [1.807, 2.05) is 30.3 Å². The van der Waals surface area contributed by atoms with Gasteiger partial charge in [-0.3, -0.25) is 14.6 Å². The second-order valence-electron chi connectivity index (χ2n) is 5.25. The third-order valence-corrected chi connectivity index (χ3v) is 3.78. The third-order valence-electron chi connectivity index (χ3n) is 3.78. The van der Waals surface area contributed by atoms with E-state index >= 15 is 0 Å². The summed E-state index contributed by atoms with van der Waals surface area (Å²) in [7, 11) is 0. The minimum atomic E-state index is 0.166. The maximum atomic E-state index is 12.2. The van der Waals surface area contributed by atoms with Gasteiger partial charge in [0.25, 0.3) is 5.56 Å². The fourth-order valence-electron chi connectivity index (χ4n) is 2.73. The Morgan fingerprint density at radius 2 is 1.95 bits per heavy atom. The highest BCUT2D eigenvalue weighted by Crippen LogP contribution is 2.16. The van der Waals surface area contributed by atoms with Gasteiger partial charge in [-0.15, -0.1) is 0 Å². The second-order valence-corrected chi connectivity index (χ2v) is 5.25. The van der Waals surface area contributed by atoms with Gasteiger partial charge in [0.1, 0.15) is 5.75 Å². The molecule has 0 bridgehead atoms. The van der Waals surface area contributed by atoms with Crippen molar-refractivity contribution >= 4 is 0 Å². The number of nitrogens with one attached hydrogen (secondary N) is 1. The van der Waals surface area contributed by atoms with Crippen molar-refractivity contribution < 1.29 is 4.74 Å². The van der Waals surface area contributed by atoms with Crippen LogP contribution in [0.1, 0.15) is 30.5 Å². The van der Waals surface area contributed by atoms with Gasteiger partial charge in [0.15, 0.2) is 0 Å². The van der Waals surface area contributed by atoms with Gasteiger partial charge >= 0.3 is 0 Å². The van der Waals surface area contributed by atoms with Crippen LogP contribution < -0.4 is 10.3 Å². The Morgan fingerprint density at radius 3 is 2.75 bits per heavy atom. The highest BCUT2D eigenvalue weighted by molar-refractivity contribution is 5.21. The van der Waals surface area contributed by atoms with E-state index in [0.717, 1.165) is 42.7 Å². The van der Waals surface area contributed by atoms with E-state index in [4.69, 9.17) is 4.74 Å². The number of rotatable bonds is 5. The zero-order chi connectivity index (χ0) is 13.8. The van der Waals surface area contributed by atoms with E-state index in [1.54, 1.807) is 4.68 Å². The van der Waals surface area contributed by atoms with Gasteiger partial charge in [-0.25, -0.2) is 0 Å². The molecule has 0 radical (unpaired) electrons. The van der Waals surface area contributed by atoms with E-state index < -0.39 is 0 Å². The van der Waals surface area contributed by atoms with Gasteiger partial charge < -0.3 is 4.74 Å². The molecule has 0 atom stereocenters. The number of aromatic nitrogens is 2. The van der Waals surface area contributed by atoms with Crippen LogP contribution in [0.25, 0.3) is 0 Å². The zero-order valence-electron chi connectivity index (χ0n) is 11.6. The monoisotopic (exact) mass is 272 g/mol. The number of ether oxygens (including phenoxy) is 1. The van der Waals surface area contributed by atoms with Crippen LogP contribution in [-0.4, -0.2) is 16.4 Å². The molecule has 0 aliphatic heterocycles. The van der Waals surface area contributed by atoms with E-state index in [0.29, 0.717) is 13.2 Å². The van der Waals surface area contributed by atoms with Gasteiger partial charge in [-0.05, 0) is 37.8 Å². The van der Waals surface area contributed by atoms with Gasteiger partial charge in [0.05, 0.1) is 6.61 Å². The van der Waals surface area contributed by atoms with E-state index in [1.165, 1.54) is 6.42 Å². The molecule has 4 nitrogen and oxygen atoms in total. The number of benzene rings is 1. The Hall–Kier alpha value is -1.97. The topological polar surface area (TPSA) is 47.0 Å². The Bertz CT molecular complexity index is 613. The first-order valence-electron chi connectivity index (χ1n) is 7.33. The summed E-state index contributed by atoms with van der Waals surface area (Å²) in [5.74, 6) is 0.880. The molecule has 1 aliphatic rings. The van der Waals surface area contributed by atoms with Crippen LogP contribution in [0.3, 0.4) is 0 Å². The predicted octanol–water partition coefficient (Wildman–Crippen LogP) is 2.52. The van der Waals surface area contributed by atoms with Crippen LogP contribution in [0.4, 0.5) is 0 Å². The molecular weight excluding hydrogens is 252 g/mol. The lowest BCUT2D eigenvalue weighted by atomic mass is 9.98. The molecule has 0 unspecified atom stereocenters. The van der Waals surface area contributed by atoms with Crippen LogP contribution in [-0.2, 0) is 19.4 Å². The number of nitrogens with zero attached hydrogens (tertiary/aromatic N) is 1. The number of aryl methyl sites for hydroxylation is 2. The summed E-state index contributed by atoms with van der Waals surface area (Å²) < 4.78 is 7.38. The van der Waals surface area contributed by atoms with Crippen molar-refractivity contribution in [3.05, 3.63) is 51.9 Å². The summed E-state index contributed by atoms with van der Waals surface area (Å²) in [4.78, 5) is 12.2. The molecule has 4 heteroatoms. The molecule has 1 N–H and O–H groups in total. The molecule has 0 fully saturated rings. The van der Waals surface area contributed by atoms with Crippen LogP contribution >= 0.6 is 0 Å². The first-order valence-corrected chi connectivity index (χ1v) is 7.33. The largest absolute Gasteiger partial charge is 0.494 e. The normalized spacial score (nSPS) is 14.0. The van der Waals surface area contributed by atoms with Crippen molar-refractivity contribution in [2.75, 3.05) is 6.61 Å². The Balaban J connectivity index is 1.54. The molecule has 3 rings (SSSR count). The van der Waals surface area contributed by atoms with Gasteiger partial charge in [-0.1, -0.05) is 18.2 Å². The molecule has 0 spiro atoms. The number of hydrogen-bond donors (Lipinski definition) is 1. The summed E-state index contributed by atoms with van der Waals surface area (Å²) in [6.07, 6.45) is 5.09. The minimum absolute atomic E-state index is 0.166. The summed E-state index contributed by atoms with van der Waals surface area (Å²) in [6.45, 7) is 1.32. The smallest absolute Gasteiger partial charge is 0.269 e. The zero-order valence-corrected chi connectivity index (χ0v) is 11.6.